The molecule has 5 rings (SSSR count). The zero-order valence-electron chi connectivity index (χ0n) is 22.7. The van der Waals surface area contributed by atoms with Crippen molar-refractivity contribution in [2.75, 3.05) is 39.4 Å². The summed E-state index contributed by atoms with van der Waals surface area (Å²) in [6.07, 6.45) is -1.21. The fourth-order valence-corrected chi connectivity index (χ4v) is 5.32. The van der Waals surface area contributed by atoms with Crippen LogP contribution in [-0.4, -0.2) is 124 Å². The molecule has 2 unspecified atom stereocenters. The molecule has 3 aliphatic rings. The van der Waals surface area contributed by atoms with Crippen LogP contribution in [0, 0.1) is 0 Å². The van der Waals surface area contributed by atoms with E-state index in [0.717, 1.165) is 18.5 Å². The zero-order valence-corrected chi connectivity index (χ0v) is 22.7. The van der Waals surface area contributed by atoms with Gasteiger partial charge in [-0.3, -0.25) is 14.4 Å². The second-order valence-corrected chi connectivity index (χ2v) is 10.6. The first kappa shape index (κ1) is 29.1. The molecule has 14 nitrogen and oxygen atoms in total. The molecular weight excluding hydrogens is 534 g/mol. The molecule has 2 bridgehead atoms. The van der Waals surface area contributed by atoms with E-state index in [9.17, 15) is 24.6 Å². The molecule has 1 aromatic heterocycles. The van der Waals surface area contributed by atoms with Gasteiger partial charge >= 0.3 is 0 Å². The topological polar surface area (TPSA) is 180 Å². The molecule has 3 amide bonds. The molecule has 3 saturated heterocycles. The maximum atomic E-state index is 13.3. The van der Waals surface area contributed by atoms with Crippen molar-refractivity contribution >= 4 is 17.7 Å². The van der Waals surface area contributed by atoms with E-state index in [1.54, 1.807) is 10.9 Å². The van der Waals surface area contributed by atoms with Gasteiger partial charge in [-0.1, -0.05) is 23.4 Å². The zero-order chi connectivity index (χ0) is 28.8. The van der Waals surface area contributed by atoms with Gasteiger partial charge in [0.2, 0.25) is 17.7 Å². The summed E-state index contributed by atoms with van der Waals surface area (Å²) in [7, 11) is 0. The van der Waals surface area contributed by atoms with Crippen molar-refractivity contribution < 1.29 is 34.1 Å². The van der Waals surface area contributed by atoms with Crippen molar-refractivity contribution in [3.05, 3.63) is 42.2 Å². The van der Waals surface area contributed by atoms with E-state index in [4.69, 9.17) is 9.47 Å². The summed E-state index contributed by atoms with van der Waals surface area (Å²) >= 11 is 0. The van der Waals surface area contributed by atoms with E-state index in [-0.39, 0.29) is 38.5 Å². The molecule has 1 aromatic carbocycles. The highest BCUT2D eigenvalue weighted by molar-refractivity contribution is 5.90. The lowest BCUT2D eigenvalue weighted by molar-refractivity contribution is -0.139. The predicted molar refractivity (Wildman–Crippen MR) is 144 cm³/mol. The van der Waals surface area contributed by atoms with E-state index in [2.05, 4.69) is 26.3 Å². The Morgan fingerprint density at radius 1 is 1.05 bits per heavy atom. The van der Waals surface area contributed by atoms with Gasteiger partial charge in [-0.15, -0.1) is 5.10 Å². The molecule has 3 fully saturated rings. The highest BCUT2D eigenvalue weighted by Gasteiger charge is 2.44. The summed E-state index contributed by atoms with van der Waals surface area (Å²) in [5.74, 6) is -1.42. The molecule has 41 heavy (non-hydrogen) atoms. The molecule has 0 saturated carbocycles. The first-order chi connectivity index (χ1) is 19.9. The van der Waals surface area contributed by atoms with Crippen LogP contribution in [0.3, 0.4) is 0 Å². The fraction of sp³-hybridized carbons (Fsp3) is 0.593. The van der Waals surface area contributed by atoms with E-state index >= 15 is 0 Å². The third-order valence-corrected chi connectivity index (χ3v) is 7.66. The SMILES string of the molecule is O=C1CN(CCNC2CCOCC2)C(=O)C[C@@H]2O[C@H](CNC(=O)[C@@H](Cc3cn(-c4ccccc4)nn3)N1)C(O)C2O. The van der Waals surface area contributed by atoms with Crippen LogP contribution in [0.15, 0.2) is 36.5 Å². The number of para-hydroxylation sites is 1. The lowest BCUT2D eigenvalue weighted by Crippen LogP contribution is -2.53. The number of carbonyl (C=O) groups excluding carboxylic acids is 3. The van der Waals surface area contributed by atoms with Gasteiger partial charge in [-0.05, 0) is 25.0 Å². The molecule has 0 spiro atoms. The third kappa shape index (κ3) is 7.45. The van der Waals surface area contributed by atoms with Crippen LogP contribution >= 0.6 is 0 Å². The minimum Gasteiger partial charge on any atom is -0.388 e. The van der Waals surface area contributed by atoms with E-state index in [1.807, 2.05) is 30.3 Å². The Balaban J connectivity index is 1.30. The van der Waals surface area contributed by atoms with Gasteiger partial charge in [0.1, 0.15) is 24.4 Å². The summed E-state index contributed by atoms with van der Waals surface area (Å²) in [4.78, 5) is 41.1. The Kier molecular flexibility index (Phi) is 9.57. The largest absolute Gasteiger partial charge is 0.388 e. The molecule has 5 atom stereocenters. The van der Waals surface area contributed by atoms with Crippen molar-refractivity contribution in [2.45, 2.75) is 62.2 Å². The number of aliphatic hydroxyl groups excluding tert-OH is 2. The summed E-state index contributed by atoms with van der Waals surface area (Å²) in [6, 6.07) is 8.58. The molecule has 5 N–H and O–H groups in total. The van der Waals surface area contributed by atoms with Gasteiger partial charge in [-0.25, -0.2) is 4.68 Å². The molecule has 0 aliphatic carbocycles. The van der Waals surface area contributed by atoms with Gasteiger partial charge in [0.25, 0.3) is 0 Å². The number of fused-ring (bicyclic) bond motifs is 2. The quantitative estimate of drug-likeness (QED) is 0.247. The lowest BCUT2D eigenvalue weighted by Gasteiger charge is -2.28. The first-order valence-electron chi connectivity index (χ1n) is 14.0. The normalized spacial score (nSPS) is 28.4. The fourth-order valence-electron chi connectivity index (χ4n) is 5.32. The smallest absolute Gasteiger partial charge is 0.243 e. The number of aromatic nitrogens is 3. The van der Waals surface area contributed by atoms with Crippen LogP contribution in [0.4, 0.5) is 0 Å². The molecule has 4 heterocycles. The number of benzene rings is 1. The number of hydrogen-bond donors (Lipinski definition) is 5. The van der Waals surface area contributed by atoms with E-state index < -0.39 is 48.2 Å². The van der Waals surface area contributed by atoms with Crippen LogP contribution in [0.2, 0.25) is 0 Å². The van der Waals surface area contributed by atoms with Crippen LogP contribution in [-0.2, 0) is 30.3 Å². The summed E-state index contributed by atoms with van der Waals surface area (Å²) in [5, 5.41) is 38.2. The van der Waals surface area contributed by atoms with Crippen LogP contribution in [0.25, 0.3) is 5.69 Å². The maximum Gasteiger partial charge on any atom is 0.243 e. The molecule has 222 valence electrons. The molecule has 14 heteroatoms. The summed E-state index contributed by atoms with van der Waals surface area (Å²) < 4.78 is 12.7. The van der Waals surface area contributed by atoms with Crippen LogP contribution in [0.5, 0.6) is 0 Å². The van der Waals surface area contributed by atoms with Gasteiger partial charge in [0, 0.05) is 45.3 Å². The Morgan fingerprint density at radius 2 is 1.80 bits per heavy atom. The Bertz CT molecular complexity index is 1190. The Morgan fingerprint density at radius 3 is 2.59 bits per heavy atom. The second kappa shape index (κ2) is 13.5. The number of nitrogens with one attached hydrogen (secondary N) is 3. The number of amides is 3. The first-order valence-corrected chi connectivity index (χ1v) is 14.0. The molecule has 0 radical (unpaired) electrons. The van der Waals surface area contributed by atoms with E-state index in [0.29, 0.717) is 25.5 Å². The standard InChI is InChI=1S/C27H37N7O7/c35-23-16-33(9-8-28-17-6-10-40-11-7-17)24(36)13-21-25(37)26(38)22(41-21)14-29-27(39)20(30-23)12-18-15-34(32-31-18)19-4-2-1-3-5-19/h1-5,15,17,20-22,25-26,28,37-38H,6-14,16H2,(H,29,39)(H,30,35)/t20-,21+,22-,25?,26?/m1/s1. The average molecular weight is 572 g/mol. The van der Waals surface area contributed by atoms with E-state index in [1.165, 1.54) is 4.90 Å². The molecular formula is C27H37N7O7. The van der Waals surface area contributed by atoms with Crippen molar-refractivity contribution in [3.8, 4) is 5.69 Å². The van der Waals surface area contributed by atoms with Gasteiger partial charge in [-0.2, -0.15) is 0 Å². The number of rotatable bonds is 7. The minimum absolute atomic E-state index is 0.0446. The second-order valence-electron chi connectivity index (χ2n) is 10.6. The maximum absolute atomic E-state index is 13.3. The number of ether oxygens (including phenoxy) is 2. The van der Waals surface area contributed by atoms with Gasteiger partial charge in [0.05, 0.1) is 36.6 Å². The number of carbonyl (C=O) groups is 3. The third-order valence-electron chi connectivity index (χ3n) is 7.66. The Labute approximate surface area is 237 Å². The summed E-state index contributed by atoms with van der Waals surface area (Å²) in [5.41, 5.74) is 1.26. The predicted octanol–water partition coefficient (Wildman–Crippen LogP) is -2.10. The highest BCUT2D eigenvalue weighted by atomic mass is 16.5. The summed E-state index contributed by atoms with van der Waals surface area (Å²) in [6.45, 7) is 1.64. The molecule has 2 aromatic rings. The van der Waals surface area contributed by atoms with Crippen molar-refractivity contribution in [1.29, 1.82) is 0 Å². The average Bonchev–Trinajstić information content (AvgIpc) is 3.56. The Hall–Kier alpha value is -3.43. The monoisotopic (exact) mass is 571 g/mol. The molecule has 3 aliphatic heterocycles. The van der Waals surface area contributed by atoms with Crippen molar-refractivity contribution in [2.24, 2.45) is 0 Å². The van der Waals surface area contributed by atoms with Gasteiger partial charge < -0.3 is 40.5 Å². The van der Waals surface area contributed by atoms with Gasteiger partial charge in [0.15, 0.2) is 0 Å². The van der Waals surface area contributed by atoms with Crippen molar-refractivity contribution in [3.63, 3.8) is 0 Å². The number of hydrogen-bond acceptors (Lipinski definition) is 10. The van der Waals surface area contributed by atoms with Crippen molar-refractivity contribution in [1.82, 2.24) is 35.8 Å². The number of nitrogens with zero attached hydrogens (tertiary/aromatic N) is 4. The highest BCUT2D eigenvalue weighted by Crippen LogP contribution is 2.24. The lowest BCUT2D eigenvalue weighted by atomic mass is 10.0. The van der Waals surface area contributed by atoms with Crippen LogP contribution in [0.1, 0.15) is 25.0 Å². The number of aliphatic hydroxyl groups is 2. The van der Waals surface area contributed by atoms with Crippen LogP contribution < -0.4 is 16.0 Å². The minimum atomic E-state index is -1.30.